The average Bonchev–Trinajstić information content (AvgIpc) is 3.37. The van der Waals surface area contributed by atoms with E-state index in [2.05, 4.69) is 0 Å². The highest BCUT2D eigenvalue weighted by Crippen LogP contribution is 2.66. The Balaban J connectivity index is 2.10. The van der Waals surface area contributed by atoms with Crippen LogP contribution >= 0.6 is 0 Å². The number of hydrogen-bond donors (Lipinski definition) is 2. The second-order valence-electron chi connectivity index (χ2n) is 8.51. The molecular weight excluding hydrogens is 465 g/mol. The molecule has 180 valence electrons. The summed E-state index contributed by atoms with van der Waals surface area (Å²) < 4.78 is 72.8. The summed E-state index contributed by atoms with van der Waals surface area (Å²) in [6, 6.07) is 5.45. The number of hydrogen-bond acceptors (Lipinski definition) is 6. The number of ether oxygens (including phenoxy) is 1. The van der Waals surface area contributed by atoms with Crippen molar-refractivity contribution in [3.63, 3.8) is 0 Å². The highest BCUT2D eigenvalue weighted by molar-refractivity contribution is 7.92. The summed E-state index contributed by atoms with van der Waals surface area (Å²) in [5.41, 5.74) is 0.234. The minimum Gasteiger partial charge on any atom is -0.481 e. The number of carbonyl (C=O) groups excluding carboxylic acids is 1. The number of halogens is 3. The Bertz CT molecular complexity index is 1120. The number of rotatable bonds is 8. The predicted molar refractivity (Wildman–Crippen MR) is 107 cm³/mol. The van der Waals surface area contributed by atoms with Gasteiger partial charge in [-0.25, -0.2) is 8.42 Å². The molecule has 0 aliphatic heterocycles. The summed E-state index contributed by atoms with van der Waals surface area (Å²) in [4.78, 5) is 23.5. The van der Waals surface area contributed by atoms with Crippen LogP contribution in [-0.2, 0) is 30.3 Å². The molecule has 1 aromatic carbocycles. The molecule has 2 aliphatic rings. The van der Waals surface area contributed by atoms with E-state index in [4.69, 9.17) is 10.5 Å². The number of nitrogens with zero attached hydrogens (tertiary/aromatic N) is 1. The number of primary amides is 1. The Morgan fingerprint density at radius 2 is 1.94 bits per heavy atom. The van der Waals surface area contributed by atoms with Crippen molar-refractivity contribution in [1.82, 2.24) is 0 Å². The Morgan fingerprint density at radius 1 is 1.30 bits per heavy atom. The quantitative estimate of drug-likeness (QED) is 0.571. The molecule has 2 saturated carbocycles. The summed E-state index contributed by atoms with van der Waals surface area (Å²) in [7, 11) is -4.65. The molecule has 0 bridgehead atoms. The van der Waals surface area contributed by atoms with Crippen molar-refractivity contribution in [2.24, 2.45) is 22.5 Å². The van der Waals surface area contributed by atoms with Crippen molar-refractivity contribution in [2.75, 3.05) is 6.61 Å². The van der Waals surface area contributed by atoms with Crippen molar-refractivity contribution in [2.45, 2.75) is 55.0 Å². The van der Waals surface area contributed by atoms with Gasteiger partial charge in [0.15, 0.2) is 9.84 Å². The third kappa shape index (κ3) is 3.87. The fraction of sp³-hybridized carbons (Fsp3) is 0.571. The number of carboxylic acid groups (broad SMARTS) is 1. The third-order valence-corrected chi connectivity index (χ3v) is 8.90. The Morgan fingerprint density at radius 3 is 2.42 bits per heavy atom. The molecule has 1 amide bonds. The van der Waals surface area contributed by atoms with Crippen molar-refractivity contribution >= 4 is 21.7 Å². The van der Waals surface area contributed by atoms with E-state index in [1.54, 1.807) is 13.0 Å². The average molecular weight is 488 g/mol. The van der Waals surface area contributed by atoms with E-state index < -0.39 is 79.3 Å². The number of sulfone groups is 1. The number of amides is 1. The van der Waals surface area contributed by atoms with Gasteiger partial charge in [-0.15, -0.1) is 0 Å². The lowest BCUT2D eigenvalue weighted by atomic mass is 9.75. The van der Waals surface area contributed by atoms with Gasteiger partial charge in [0.2, 0.25) is 5.91 Å². The van der Waals surface area contributed by atoms with Crippen LogP contribution in [0.4, 0.5) is 13.2 Å². The molecular formula is C21H23F3N2O6S. The molecule has 33 heavy (non-hydrogen) atoms. The van der Waals surface area contributed by atoms with Crippen LogP contribution in [0, 0.1) is 28.1 Å². The standard InChI is InChI=1S/C21H23F3N2O6S/c1-2-7-32-16-8-12(33(30,31)14-6-4-3-5-13(14)21(22,23)24)9-20(16,18(28)29)15-10-19(15,11-25)17(26)27/h3-6,12,15-16H,2,7-10H2,1H3,(H2,26,27)(H,28,29)/t12-,15?,16+,19?,20+/m1/s1. The van der Waals surface area contributed by atoms with Crippen molar-refractivity contribution in [3.8, 4) is 6.07 Å². The van der Waals surface area contributed by atoms with Crippen molar-refractivity contribution < 1.29 is 41.0 Å². The molecule has 0 heterocycles. The first kappa shape index (κ1) is 25.0. The van der Waals surface area contributed by atoms with Crippen LogP contribution < -0.4 is 5.73 Å². The molecule has 3 N–H and O–H groups in total. The van der Waals surface area contributed by atoms with Crippen LogP contribution in [0.1, 0.15) is 38.2 Å². The SMILES string of the molecule is CCCO[C@H]1C[C@@H](S(=O)(=O)c2ccccc2C(F)(F)F)C[C@]1(C(=O)O)C1CC1(C#N)C(N)=O. The Kier molecular flexibility index (Phi) is 6.27. The van der Waals surface area contributed by atoms with E-state index >= 15 is 0 Å². The third-order valence-electron chi connectivity index (χ3n) is 6.70. The van der Waals surface area contributed by atoms with Gasteiger partial charge in [0.05, 0.1) is 27.9 Å². The monoisotopic (exact) mass is 488 g/mol. The lowest BCUT2D eigenvalue weighted by molar-refractivity contribution is -0.161. The maximum atomic E-state index is 13.5. The lowest BCUT2D eigenvalue weighted by Crippen LogP contribution is -2.45. The number of benzene rings is 1. The Labute approximate surface area is 188 Å². The summed E-state index contributed by atoms with van der Waals surface area (Å²) >= 11 is 0. The number of nitrogens with two attached hydrogens (primary N) is 1. The molecule has 1 aromatic rings. The molecule has 0 aromatic heterocycles. The molecule has 0 saturated heterocycles. The first-order chi connectivity index (χ1) is 15.3. The molecule has 3 rings (SSSR count). The second-order valence-corrected chi connectivity index (χ2v) is 10.7. The topological polar surface area (TPSA) is 148 Å². The highest BCUT2D eigenvalue weighted by Gasteiger charge is 2.75. The van der Waals surface area contributed by atoms with Gasteiger partial charge in [0, 0.05) is 12.5 Å². The van der Waals surface area contributed by atoms with E-state index in [1.807, 2.05) is 0 Å². The smallest absolute Gasteiger partial charge is 0.417 e. The first-order valence-corrected chi connectivity index (χ1v) is 11.8. The lowest BCUT2D eigenvalue weighted by Gasteiger charge is -2.32. The second kappa shape index (κ2) is 8.29. The zero-order valence-corrected chi connectivity index (χ0v) is 18.4. The van der Waals surface area contributed by atoms with Crippen LogP contribution in [0.3, 0.4) is 0 Å². The van der Waals surface area contributed by atoms with Crippen LogP contribution in [0.5, 0.6) is 0 Å². The van der Waals surface area contributed by atoms with Gasteiger partial charge < -0.3 is 15.6 Å². The number of nitriles is 1. The number of carboxylic acids is 1. The van der Waals surface area contributed by atoms with Crippen LogP contribution in [0.15, 0.2) is 29.2 Å². The maximum absolute atomic E-state index is 13.5. The highest BCUT2D eigenvalue weighted by atomic mass is 32.2. The fourth-order valence-electron chi connectivity index (χ4n) is 4.96. The van der Waals surface area contributed by atoms with Crippen molar-refractivity contribution in [3.05, 3.63) is 29.8 Å². The molecule has 2 unspecified atom stereocenters. The molecule has 5 atom stereocenters. The summed E-state index contributed by atoms with van der Waals surface area (Å²) in [6.45, 7) is 1.81. The zero-order valence-electron chi connectivity index (χ0n) is 17.6. The van der Waals surface area contributed by atoms with Crippen LogP contribution in [0.2, 0.25) is 0 Å². The molecule has 0 spiro atoms. The fourth-order valence-corrected chi connectivity index (χ4v) is 7.00. The molecule has 2 fully saturated rings. The predicted octanol–water partition coefficient (Wildman–Crippen LogP) is 2.52. The van der Waals surface area contributed by atoms with Crippen LogP contribution in [-0.4, -0.2) is 43.4 Å². The van der Waals surface area contributed by atoms with Gasteiger partial charge in [0.25, 0.3) is 0 Å². The number of carbonyl (C=O) groups is 2. The number of aliphatic carboxylic acids is 1. The zero-order chi connectivity index (χ0) is 24.8. The van der Waals surface area contributed by atoms with Gasteiger partial charge in [-0.05, 0) is 37.8 Å². The molecule has 12 heteroatoms. The van der Waals surface area contributed by atoms with E-state index in [0.717, 1.165) is 18.2 Å². The normalized spacial score (nSPS) is 31.7. The van der Waals surface area contributed by atoms with Gasteiger partial charge in [-0.2, -0.15) is 18.4 Å². The molecule has 0 radical (unpaired) electrons. The summed E-state index contributed by atoms with van der Waals surface area (Å²) in [6.07, 6.45) is -6.90. The summed E-state index contributed by atoms with van der Waals surface area (Å²) in [5, 5.41) is 18.2. The van der Waals surface area contributed by atoms with E-state index in [-0.39, 0.29) is 13.0 Å². The number of alkyl halides is 3. The van der Waals surface area contributed by atoms with E-state index in [0.29, 0.717) is 12.5 Å². The molecule has 2 aliphatic carbocycles. The molecule has 8 nitrogen and oxygen atoms in total. The van der Waals surface area contributed by atoms with Gasteiger partial charge >= 0.3 is 12.1 Å². The minimum atomic E-state index is -4.94. The first-order valence-electron chi connectivity index (χ1n) is 10.2. The van der Waals surface area contributed by atoms with Gasteiger partial charge in [-0.1, -0.05) is 19.1 Å². The van der Waals surface area contributed by atoms with Gasteiger partial charge in [-0.3, -0.25) is 9.59 Å². The van der Waals surface area contributed by atoms with E-state index in [9.17, 15) is 41.5 Å². The Hall–Kier alpha value is -2.65. The minimum absolute atomic E-state index is 0.0639. The largest absolute Gasteiger partial charge is 0.481 e. The summed E-state index contributed by atoms with van der Waals surface area (Å²) in [5.74, 6) is -3.63. The van der Waals surface area contributed by atoms with Crippen LogP contribution in [0.25, 0.3) is 0 Å². The van der Waals surface area contributed by atoms with Crippen molar-refractivity contribution in [1.29, 1.82) is 5.26 Å². The van der Waals surface area contributed by atoms with E-state index in [1.165, 1.54) is 0 Å². The maximum Gasteiger partial charge on any atom is 0.417 e. The van der Waals surface area contributed by atoms with Gasteiger partial charge in [0.1, 0.15) is 10.8 Å².